The van der Waals surface area contributed by atoms with Crippen LogP contribution in [0.25, 0.3) is 0 Å². The molecule has 2 amide bonds. The number of carbonyl (C=O) groups is 2. The molecular weight excluding hydrogens is 254 g/mol. The molecule has 1 aromatic carbocycles. The Morgan fingerprint density at radius 2 is 2.05 bits per heavy atom. The number of nitrogens with zero attached hydrogens (tertiary/aromatic N) is 1. The molecule has 0 aliphatic carbocycles. The van der Waals surface area contributed by atoms with Crippen LogP contribution in [0, 0.1) is 6.92 Å². The van der Waals surface area contributed by atoms with E-state index in [1.54, 1.807) is 11.0 Å². The third-order valence-electron chi connectivity index (χ3n) is 3.60. The van der Waals surface area contributed by atoms with Gasteiger partial charge in [0.2, 0.25) is 5.91 Å². The van der Waals surface area contributed by atoms with Crippen molar-refractivity contribution in [3.63, 3.8) is 0 Å². The van der Waals surface area contributed by atoms with Crippen LogP contribution in [0.4, 0.5) is 0 Å². The molecule has 108 valence electrons. The van der Waals surface area contributed by atoms with Gasteiger partial charge < -0.3 is 16.0 Å². The standard InChI is InChI=1S/C15H21N3O2/c1-11-3-2-4-12(9-11)15(20)18(10-14(16)19)13-5-7-17-8-6-13/h2-4,9,13,17H,5-8,10H2,1H3,(H2,16,19). The van der Waals surface area contributed by atoms with E-state index in [1.807, 2.05) is 25.1 Å². The molecule has 1 aliphatic rings. The van der Waals surface area contributed by atoms with Crippen molar-refractivity contribution in [1.82, 2.24) is 10.2 Å². The summed E-state index contributed by atoms with van der Waals surface area (Å²) in [4.78, 5) is 25.5. The molecule has 1 heterocycles. The summed E-state index contributed by atoms with van der Waals surface area (Å²) in [5, 5.41) is 3.26. The van der Waals surface area contributed by atoms with Crippen LogP contribution in [0.1, 0.15) is 28.8 Å². The van der Waals surface area contributed by atoms with Crippen LogP contribution in [0.3, 0.4) is 0 Å². The van der Waals surface area contributed by atoms with Gasteiger partial charge in [0.1, 0.15) is 0 Å². The minimum Gasteiger partial charge on any atom is -0.368 e. The average Bonchev–Trinajstić information content (AvgIpc) is 2.45. The lowest BCUT2D eigenvalue weighted by Crippen LogP contribution is -2.49. The van der Waals surface area contributed by atoms with Crippen molar-refractivity contribution in [3.05, 3.63) is 35.4 Å². The van der Waals surface area contributed by atoms with Crippen molar-refractivity contribution in [2.75, 3.05) is 19.6 Å². The molecule has 0 radical (unpaired) electrons. The molecule has 3 N–H and O–H groups in total. The van der Waals surface area contributed by atoms with E-state index in [1.165, 1.54) is 0 Å². The molecule has 1 saturated heterocycles. The van der Waals surface area contributed by atoms with Crippen LogP contribution in [0.15, 0.2) is 24.3 Å². The number of carbonyl (C=O) groups excluding carboxylic acids is 2. The summed E-state index contributed by atoms with van der Waals surface area (Å²) < 4.78 is 0. The van der Waals surface area contributed by atoms with Gasteiger partial charge in [-0.15, -0.1) is 0 Å². The van der Waals surface area contributed by atoms with Gasteiger partial charge in [0, 0.05) is 11.6 Å². The highest BCUT2D eigenvalue weighted by Crippen LogP contribution is 2.16. The van der Waals surface area contributed by atoms with E-state index in [0.717, 1.165) is 31.5 Å². The smallest absolute Gasteiger partial charge is 0.254 e. The number of piperidine rings is 1. The molecule has 20 heavy (non-hydrogen) atoms. The summed E-state index contributed by atoms with van der Waals surface area (Å²) in [5.41, 5.74) is 6.94. The van der Waals surface area contributed by atoms with Gasteiger partial charge in [0.15, 0.2) is 0 Å². The van der Waals surface area contributed by atoms with E-state index < -0.39 is 5.91 Å². The lowest BCUT2D eigenvalue weighted by molar-refractivity contribution is -0.119. The van der Waals surface area contributed by atoms with Crippen molar-refractivity contribution < 1.29 is 9.59 Å². The SMILES string of the molecule is Cc1cccc(C(=O)N(CC(N)=O)C2CCNCC2)c1. The van der Waals surface area contributed by atoms with E-state index in [0.29, 0.717) is 5.56 Å². The number of benzene rings is 1. The zero-order valence-electron chi connectivity index (χ0n) is 11.8. The topological polar surface area (TPSA) is 75.4 Å². The summed E-state index contributed by atoms with van der Waals surface area (Å²) in [6.07, 6.45) is 1.70. The van der Waals surface area contributed by atoms with E-state index in [2.05, 4.69) is 5.32 Å². The number of rotatable bonds is 4. The summed E-state index contributed by atoms with van der Waals surface area (Å²) in [6.45, 7) is 3.65. The Kier molecular flexibility index (Phi) is 4.74. The monoisotopic (exact) mass is 275 g/mol. The van der Waals surface area contributed by atoms with Crippen LogP contribution in [0.2, 0.25) is 0 Å². The summed E-state index contributed by atoms with van der Waals surface area (Å²) in [7, 11) is 0. The molecule has 1 aliphatic heterocycles. The molecule has 2 rings (SSSR count). The number of hydrogen-bond donors (Lipinski definition) is 2. The molecule has 0 unspecified atom stereocenters. The Labute approximate surface area is 119 Å². The maximum Gasteiger partial charge on any atom is 0.254 e. The second-order valence-electron chi connectivity index (χ2n) is 5.25. The normalized spacial score (nSPS) is 15.8. The Morgan fingerprint density at radius 1 is 1.35 bits per heavy atom. The first-order valence-electron chi connectivity index (χ1n) is 6.94. The second-order valence-corrected chi connectivity index (χ2v) is 5.25. The molecule has 0 bridgehead atoms. The Bertz CT molecular complexity index is 496. The molecule has 1 aromatic rings. The van der Waals surface area contributed by atoms with Gasteiger partial charge in [-0.25, -0.2) is 0 Å². The highest BCUT2D eigenvalue weighted by Gasteiger charge is 2.27. The third kappa shape index (κ3) is 3.57. The van der Waals surface area contributed by atoms with Gasteiger partial charge in [-0.3, -0.25) is 9.59 Å². The average molecular weight is 275 g/mol. The highest BCUT2D eigenvalue weighted by atomic mass is 16.2. The van der Waals surface area contributed by atoms with Crippen molar-refractivity contribution in [1.29, 1.82) is 0 Å². The second kappa shape index (κ2) is 6.52. The van der Waals surface area contributed by atoms with Crippen LogP contribution in [-0.2, 0) is 4.79 Å². The van der Waals surface area contributed by atoms with Crippen molar-refractivity contribution >= 4 is 11.8 Å². The molecule has 5 nitrogen and oxygen atoms in total. The Hall–Kier alpha value is -1.88. The third-order valence-corrected chi connectivity index (χ3v) is 3.60. The zero-order chi connectivity index (χ0) is 14.5. The first kappa shape index (κ1) is 14.5. The van der Waals surface area contributed by atoms with E-state index in [4.69, 9.17) is 5.73 Å². The van der Waals surface area contributed by atoms with Gasteiger partial charge in [0.25, 0.3) is 5.91 Å². The van der Waals surface area contributed by atoms with Gasteiger partial charge in [-0.1, -0.05) is 17.7 Å². The largest absolute Gasteiger partial charge is 0.368 e. The lowest BCUT2D eigenvalue weighted by atomic mass is 10.0. The zero-order valence-corrected chi connectivity index (χ0v) is 11.8. The van der Waals surface area contributed by atoms with Crippen LogP contribution >= 0.6 is 0 Å². The molecule has 5 heteroatoms. The number of primary amides is 1. The number of hydrogen-bond acceptors (Lipinski definition) is 3. The van der Waals surface area contributed by atoms with Crippen LogP contribution in [0.5, 0.6) is 0 Å². The quantitative estimate of drug-likeness (QED) is 0.848. The van der Waals surface area contributed by atoms with Gasteiger partial charge >= 0.3 is 0 Å². The summed E-state index contributed by atoms with van der Waals surface area (Å²) >= 11 is 0. The fourth-order valence-corrected chi connectivity index (χ4v) is 2.60. The maximum atomic E-state index is 12.6. The lowest BCUT2D eigenvalue weighted by Gasteiger charge is -2.34. The van der Waals surface area contributed by atoms with Crippen molar-refractivity contribution in [3.8, 4) is 0 Å². The number of nitrogens with two attached hydrogens (primary N) is 1. The molecule has 1 fully saturated rings. The van der Waals surface area contributed by atoms with Crippen LogP contribution in [-0.4, -0.2) is 42.4 Å². The Morgan fingerprint density at radius 3 is 2.65 bits per heavy atom. The summed E-state index contributed by atoms with van der Waals surface area (Å²) in [6, 6.07) is 7.51. The fraction of sp³-hybridized carbons (Fsp3) is 0.467. The molecular formula is C15H21N3O2. The Balaban J connectivity index is 2.20. The van der Waals surface area contributed by atoms with Gasteiger partial charge in [-0.05, 0) is 45.0 Å². The van der Waals surface area contributed by atoms with E-state index in [-0.39, 0.29) is 18.5 Å². The number of aryl methyl sites for hydroxylation is 1. The van der Waals surface area contributed by atoms with Crippen LogP contribution < -0.4 is 11.1 Å². The van der Waals surface area contributed by atoms with Gasteiger partial charge in [0.05, 0.1) is 6.54 Å². The number of amides is 2. The predicted octanol–water partition coefficient (Wildman–Crippen LogP) is 0.675. The minimum absolute atomic E-state index is 0.0164. The predicted molar refractivity (Wildman–Crippen MR) is 77.3 cm³/mol. The van der Waals surface area contributed by atoms with Gasteiger partial charge in [-0.2, -0.15) is 0 Å². The van der Waals surface area contributed by atoms with Crippen molar-refractivity contribution in [2.24, 2.45) is 5.73 Å². The minimum atomic E-state index is -0.468. The molecule has 0 saturated carbocycles. The first-order valence-corrected chi connectivity index (χ1v) is 6.94. The fourth-order valence-electron chi connectivity index (χ4n) is 2.60. The maximum absolute atomic E-state index is 12.6. The highest BCUT2D eigenvalue weighted by molar-refractivity contribution is 5.96. The van der Waals surface area contributed by atoms with E-state index >= 15 is 0 Å². The number of nitrogens with one attached hydrogen (secondary N) is 1. The van der Waals surface area contributed by atoms with Crippen molar-refractivity contribution in [2.45, 2.75) is 25.8 Å². The first-order chi connectivity index (χ1) is 9.58. The molecule has 0 aromatic heterocycles. The molecule has 0 spiro atoms. The molecule has 0 atom stereocenters. The summed E-state index contributed by atoms with van der Waals surface area (Å²) in [5.74, 6) is -0.580. The van der Waals surface area contributed by atoms with E-state index in [9.17, 15) is 9.59 Å².